The minimum atomic E-state index is -0.822. The number of thioether (sulfide) groups is 1. The molecule has 2 unspecified atom stereocenters. The zero-order chi connectivity index (χ0) is 10.5. The zero-order valence-corrected chi connectivity index (χ0v) is 10.5. The number of carbonyl (C=O) groups excluding carboxylic acids is 1. The van der Waals surface area contributed by atoms with E-state index in [2.05, 4.69) is 21.2 Å². The Labute approximate surface area is 91.8 Å². The lowest BCUT2D eigenvalue weighted by atomic mass is 10.1. The topological polar surface area (TPSA) is 49.3 Å². The highest BCUT2D eigenvalue weighted by molar-refractivity contribution is 9.10. The third-order valence-electron chi connectivity index (χ3n) is 1.46. The van der Waals surface area contributed by atoms with Crippen molar-refractivity contribution in [2.75, 3.05) is 18.6 Å². The quantitative estimate of drug-likeness (QED) is 0.733. The van der Waals surface area contributed by atoms with Crippen LogP contribution in [0.4, 0.5) is 0 Å². The zero-order valence-electron chi connectivity index (χ0n) is 8.13. The second kappa shape index (κ2) is 5.88. The molecule has 2 atom stereocenters. The maximum absolute atomic E-state index is 11.1. The number of alkyl halides is 1. The Kier molecular flexibility index (Phi) is 6.00. The van der Waals surface area contributed by atoms with E-state index in [1.54, 1.807) is 25.6 Å². The average molecular weight is 270 g/mol. The summed E-state index contributed by atoms with van der Waals surface area (Å²) >= 11 is 4.70. The first-order chi connectivity index (χ1) is 5.89. The van der Waals surface area contributed by atoms with Crippen LogP contribution < -0.4 is 5.32 Å². The third-order valence-corrected chi connectivity index (χ3v) is 2.79. The first-order valence-corrected chi connectivity index (χ1v) is 6.33. The second-order valence-electron chi connectivity index (χ2n) is 3.26. The Morgan fingerprint density at radius 1 is 1.77 bits per heavy atom. The summed E-state index contributed by atoms with van der Waals surface area (Å²) in [5.74, 6) is 0.519. The van der Waals surface area contributed by atoms with E-state index >= 15 is 0 Å². The predicted molar refractivity (Wildman–Crippen MR) is 60.4 cm³/mol. The van der Waals surface area contributed by atoms with Gasteiger partial charge in [0.15, 0.2) is 0 Å². The molecular formula is C8H16BrNO2S. The van der Waals surface area contributed by atoms with Crippen LogP contribution in [-0.4, -0.2) is 40.0 Å². The van der Waals surface area contributed by atoms with Gasteiger partial charge in [-0.3, -0.25) is 4.79 Å². The number of aliphatic hydroxyl groups is 1. The summed E-state index contributed by atoms with van der Waals surface area (Å²) in [6.45, 7) is 3.75. The summed E-state index contributed by atoms with van der Waals surface area (Å²) in [5, 5.41) is 12.4. The maximum atomic E-state index is 11.1. The van der Waals surface area contributed by atoms with E-state index in [1.165, 1.54) is 0 Å². The Hall–Kier alpha value is 0.260. The second-order valence-corrected chi connectivity index (χ2v) is 5.50. The van der Waals surface area contributed by atoms with Gasteiger partial charge in [0.05, 0.1) is 10.4 Å². The van der Waals surface area contributed by atoms with Gasteiger partial charge < -0.3 is 10.4 Å². The normalized spacial score (nSPS) is 17.6. The van der Waals surface area contributed by atoms with Gasteiger partial charge >= 0.3 is 0 Å². The summed E-state index contributed by atoms with van der Waals surface area (Å²) in [4.78, 5) is 10.9. The smallest absolute Gasteiger partial charge is 0.233 e. The van der Waals surface area contributed by atoms with Crippen LogP contribution in [-0.2, 0) is 4.79 Å². The number of amides is 1. The molecule has 0 aliphatic carbocycles. The van der Waals surface area contributed by atoms with E-state index < -0.39 is 5.60 Å². The maximum Gasteiger partial charge on any atom is 0.233 e. The van der Waals surface area contributed by atoms with Crippen LogP contribution >= 0.6 is 27.7 Å². The predicted octanol–water partition coefficient (Wildman–Crippen LogP) is 1.00. The fraction of sp³-hybridized carbons (Fsp3) is 0.875. The molecule has 0 heterocycles. The highest BCUT2D eigenvalue weighted by Gasteiger charge is 2.21. The summed E-state index contributed by atoms with van der Waals surface area (Å²) in [5.41, 5.74) is -0.822. The molecule has 0 aliphatic heterocycles. The van der Waals surface area contributed by atoms with Crippen molar-refractivity contribution in [1.29, 1.82) is 0 Å². The SMILES string of the molecule is CSCC(C)(O)CNC(=O)C(C)Br. The third kappa shape index (κ3) is 6.35. The fourth-order valence-electron chi connectivity index (χ4n) is 0.780. The number of nitrogens with one attached hydrogen (secondary N) is 1. The monoisotopic (exact) mass is 269 g/mol. The van der Waals surface area contributed by atoms with Gasteiger partial charge in [0.1, 0.15) is 0 Å². The summed E-state index contributed by atoms with van der Waals surface area (Å²) in [7, 11) is 0. The molecule has 0 aromatic carbocycles. The standard InChI is InChI=1S/C8H16BrNO2S/c1-6(9)7(11)10-4-8(2,12)5-13-3/h6,12H,4-5H2,1-3H3,(H,10,11). The summed E-state index contributed by atoms with van der Waals surface area (Å²) in [6, 6.07) is 0. The molecule has 0 saturated carbocycles. The largest absolute Gasteiger partial charge is 0.387 e. The van der Waals surface area contributed by atoms with E-state index in [4.69, 9.17) is 0 Å². The van der Waals surface area contributed by atoms with Gasteiger partial charge in [-0.2, -0.15) is 11.8 Å². The van der Waals surface area contributed by atoms with Crippen LogP contribution in [0.25, 0.3) is 0 Å². The van der Waals surface area contributed by atoms with Gasteiger partial charge in [-0.25, -0.2) is 0 Å². The first kappa shape index (κ1) is 13.3. The number of carbonyl (C=O) groups is 1. The van der Waals surface area contributed by atoms with Gasteiger partial charge in [-0.05, 0) is 20.1 Å². The van der Waals surface area contributed by atoms with Crippen LogP contribution in [0, 0.1) is 0 Å². The molecule has 2 N–H and O–H groups in total. The first-order valence-electron chi connectivity index (χ1n) is 4.02. The summed E-state index contributed by atoms with van der Waals surface area (Å²) < 4.78 is 0. The minimum absolute atomic E-state index is 0.0959. The van der Waals surface area contributed by atoms with Crippen molar-refractivity contribution < 1.29 is 9.90 Å². The number of hydrogen-bond donors (Lipinski definition) is 2. The van der Waals surface area contributed by atoms with Crippen molar-refractivity contribution in [3.63, 3.8) is 0 Å². The van der Waals surface area contributed by atoms with Crippen molar-refractivity contribution in [2.24, 2.45) is 0 Å². The van der Waals surface area contributed by atoms with Crippen molar-refractivity contribution >= 4 is 33.6 Å². The molecule has 78 valence electrons. The molecule has 3 nitrogen and oxygen atoms in total. The van der Waals surface area contributed by atoms with Crippen LogP contribution in [0.2, 0.25) is 0 Å². The lowest BCUT2D eigenvalue weighted by molar-refractivity contribution is -0.121. The van der Waals surface area contributed by atoms with Crippen molar-refractivity contribution in [3.8, 4) is 0 Å². The molecule has 5 heteroatoms. The van der Waals surface area contributed by atoms with Gasteiger partial charge in [0.25, 0.3) is 0 Å². The molecule has 0 saturated heterocycles. The van der Waals surface area contributed by atoms with Gasteiger partial charge in [0.2, 0.25) is 5.91 Å². The van der Waals surface area contributed by atoms with E-state index in [9.17, 15) is 9.90 Å². The molecule has 0 fully saturated rings. The molecule has 1 amide bonds. The number of halogens is 1. The molecule has 0 aliphatic rings. The van der Waals surface area contributed by atoms with Gasteiger partial charge in [-0.1, -0.05) is 15.9 Å². The van der Waals surface area contributed by atoms with E-state index in [1.807, 2.05) is 6.26 Å². The molecule has 0 bridgehead atoms. The van der Waals surface area contributed by atoms with Crippen LogP contribution in [0.1, 0.15) is 13.8 Å². The summed E-state index contributed by atoms with van der Waals surface area (Å²) in [6.07, 6.45) is 1.92. The molecule has 0 radical (unpaired) electrons. The minimum Gasteiger partial charge on any atom is -0.387 e. The van der Waals surface area contributed by atoms with Crippen LogP contribution in [0.15, 0.2) is 0 Å². The molecule has 0 rings (SSSR count). The van der Waals surface area contributed by atoms with E-state index in [0.29, 0.717) is 12.3 Å². The highest BCUT2D eigenvalue weighted by Crippen LogP contribution is 2.09. The molecule has 0 spiro atoms. The average Bonchev–Trinajstić information content (AvgIpc) is 2.00. The Morgan fingerprint density at radius 3 is 2.69 bits per heavy atom. The number of rotatable bonds is 5. The van der Waals surface area contributed by atoms with Crippen molar-refractivity contribution in [1.82, 2.24) is 5.32 Å². The number of hydrogen-bond acceptors (Lipinski definition) is 3. The molecule has 13 heavy (non-hydrogen) atoms. The molecule has 0 aromatic heterocycles. The van der Waals surface area contributed by atoms with Crippen LogP contribution in [0.5, 0.6) is 0 Å². The van der Waals surface area contributed by atoms with Crippen molar-refractivity contribution in [3.05, 3.63) is 0 Å². The Balaban J connectivity index is 3.80. The van der Waals surface area contributed by atoms with Crippen molar-refractivity contribution in [2.45, 2.75) is 24.3 Å². The molecular weight excluding hydrogens is 254 g/mol. The van der Waals surface area contributed by atoms with Gasteiger partial charge in [-0.15, -0.1) is 0 Å². The van der Waals surface area contributed by atoms with Gasteiger partial charge in [0, 0.05) is 12.3 Å². The molecule has 0 aromatic rings. The van der Waals surface area contributed by atoms with E-state index in [0.717, 1.165) is 0 Å². The fourth-order valence-corrected chi connectivity index (χ4v) is 1.67. The lowest BCUT2D eigenvalue weighted by Crippen LogP contribution is -2.44. The van der Waals surface area contributed by atoms with Crippen LogP contribution in [0.3, 0.4) is 0 Å². The highest BCUT2D eigenvalue weighted by atomic mass is 79.9. The van der Waals surface area contributed by atoms with E-state index in [-0.39, 0.29) is 10.7 Å². The Bertz CT molecular complexity index is 174. The Morgan fingerprint density at radius 2 is 2.31 bits per heavy atom. The lowest BCUT2D eigenvalue weighted by Gasteiger charge is -2.22.